The maximum atomic E-state index is 11.0. The van der Waals surface area contributed by atoms with Gasteiger partial charge in [0.2, 0.25) is 0 Å². The lowest BCUT2D eigenvalue weighted by Gasteiger charge is -2.25. The Bertz CT molecular complexity index is 491. The van der Waals surface area contributed by atoms with Gasteiger partial charge in [-0.15, -0.1) is 0 Å². The van der Waals surface area contributed by atoms with Crippen LogP contribution in [0.25, 0.3) is 0 Å². The van der Waals surface area contributed by atoms with Gasteiger partial charge in [-0.1, -0.05) is 37.3 Å². The van der Waals surface area contributed by atoms with Crippen LogP contribution in [0.2, 0.25) is 0 Å². The molecule has 2 rings (SSSR count). The van der Waals surface area contributed by atoms with Gasteiger partial charge in [0.25, 0.3) is 0 Å². The first-order valence-electron chi connectivity index (χ1n) is 6.38. The first kappa shape index (κ1) is 13.3. The molecule has 0 unspecified atom stereocenters. The molecule has 0 bridgehead atoms. The molecule has 0 amide bonds. The van der Waals surface area contributed by atoms with Gasteiger partial charge in [-0.3, -0.25) is 9.59 Å². The van der Waals surface area contributed by atoms with Gasteiger partial charge in [-0.05, 0) is 12.0 Å². The largest absolute Gasteiger partial charge is 0.353 e. The predicted molar refractivity (Wildman–Crippen MR) is 74.3 cm³/mol. The second kappa shape index (κ2) is 6.14. The third-order valence-electron chi connectivity index (χ3n) is 3.40. The lowest BCUT2D eigenvalue weighted by atomic mass is 9.93. The van der Waals surface area contributed by atoms with Crippen molar-refractivity contribution in [2.75, 3.05) is 6.54 Å². The summed E-state index contributed by atoms with van der Waals surface area (Å²) in [4.78, 5) is 23.9. The molecule has 1 aromatic rings. The molecule has 0 fully saturated rings. The van der Waals surface area contributed by atoms with Gasteiger partial charge in [0, 0.05) is 36.0 Å². The highest BCUT2D eigenvalue weighted by molar-refractivity contribution is 5.83. The Morgan fingerprint density at radius 2 is 1.63 bits per heavy atom. The standard InChI is InChI=1S/C16H17NO2/c1-13-15(11-18)9-17(10-16(13)12-19)8-7-14-5-3-2-4-6-14/h2-6,9-13H,7-8H2,1H3. The number of hydrogen-bond donors (Lipinski definition) is 0. The third kappa shape index (κ3) is 3.19. The van der Waals surface area contributed by atoms with Crippen molar-refractivity contribution in [2.24, 2.45) is 5.92 Å². The van der Waals surface area contributed by atoms with Gasteiger partial charge in [0.15, 0.2) is 0 Å². The number of rotatable bonds is 5. The number of aldehydes is 2. The summed E-state index contributed by atoms with van der Waals surface area (Å²) in [6.07, 6.45) is 6.19. The molecular weight excluding hydrogens is 238 g/mol. The number of hydrogen-bond acceptors (Lipinski definition) is 3. The van der Waals surface area contributed by atoms with E-state index in [2.05, 4.69) is 12.1 Å². The van der Waals surface area contributed by atoms with Crippen molar-refractivity contribution in [1.29, 1.82) is 0 Å². The smallest absolute Gasteiger partial charge is 0.148 e. The molecule has 0 aliphatic carbocycles. The molecule has 1 aliphatic heterocycles. The zero-order chi connectivity index (χ0) is 13.7. The fourth-order valence-corrected chi connectivity index (χ4v) is 2.13. The minimum absolute atomic E-state index is 0.108. The van der Waals surface area contributed by atoms with E-state index in [1.165, 1.54) is 5.56 Å². The Labute approximate surface area is 113 Å². The third-order valence-corrected chi connectivity index (χ3v) is 3.40. The summed E-state index contributed by atoms with van der Waals surface area (Å²) in [7, 11) is 0. The zero-order valence-electron chi connectivity index (χ0n) is 11.0. The van der Waals surface area contributed by atoms with Crippen LogP contribution in [0.1, 0.15) is 12.5 Å². The summed E-state index contributed by atoms with van der Waals surface area (Å²) < 4.78 is 0. The van der Waals surface area contributed by atoms with Crippen LogP contribution in [0, 0.1) is 5.92 Å². The van der Waals surface area contributed by atoms with Crippen molar-refractivity contribution in [1.82, 2.24) is 4.90 Å². The molecule has 0 aromatic heterocycles. The molecule has 1 aliphatic rings. The maximum absolute atomic E-state index is 11.0. The molecule has 0 saturated heterocycles. The van der Waals surface area contributed by atoms with Gasteiger partial charge in [0.05, 0.1) is 0 Å². The quantitative estimate of drug-likeness (QED) is 0.758. The van der Waals surface area contributed by atoms with E-state index in [0.29, 0.717) is 11.1 Å². The molecular formula is C16H17NO2. The van der Waals surface area contributed by atoms with Crippen molar-refractivity contribution < 1.29 is 9.59 Å². The van der Waals surface area contributed by atoms with Crippen molar-refractivity contribution >= 4 is 12.6 Å². The summed E-state index contributed by atoms with van der Waals surface area (Å²) >= 11 is 0. The van der Waals surface area contributed by atoms with Crippen LogP contribution >= 0.6 is 0 Å². The molecule has 1 aromatic carbocycles. The second-order valence-electron chi connectivity index (χ2n) is 4.69. The van der Waals surface area contributed by atoms with Crippen LogP contribution in [0.4, 0.5) is 0 Å². The second-order valence-corrected chi connectivity index (χ2v) is 4.69. The Kier molecular flexibility index (Phi) is 4.29. The molecule has 98 valence electrons. The molecule has 0 spiro atoms. The number of carbonyl (C=O) groups excluding carboxylic acids is 2. The molecule has 0 atom stereocenters. The van der Waals surface area contributed by atoms with Gasteiger partial charge in [-0.2, -0.15) is 0 Å². The van der Waals surface area contributed by atoms with Crippen LogP contribution in [0.15, 0.2) is 53.9 Å². The van der Waals surface area contributed by atoms with E-state index in [1.54, 1.807) is 0 Å². The highest BCUT2D eigenvalue weighted by atomic mass is 16.1. The average molecular weight is 255 g/mol. The van der Waals surface area contributed by atoms with Crippen LogP contribution in [-0.4, -0.2) is 24.0 Å². The summed E-state index contributed by atoms with van der Waals surface area (Å²) in [6.45, 7) is 2.63. The first-order valence-corrected chi connectivity index (χ1v) is 6.38. The van der Waals surface area contributed by atoms with Crippen LogP contribution in [0.5, 0.6) is 0 Å². The fraction of sp³-hybridized carbons (Fsp3) is 0.250. The van der Waals surface area contributed by atoms with E-state index in [4.69, 9.17) is 0 Å². The van der Waals surface area contributed by atoms with E-state index in [1.807, 2.05) is 42.4 Å². The van der Waals surface area contributed by atoms with Gasteiger partial charge in [0.1, 0.15) is 12.6 Å². The number of carbonyl (C=O) groups is 2. The SMILES string of the molecule is CC1C(C=O)=CN(CCc2ccccc2)C=C1C=O. The highest BCUT2D eigenvalue weighted by Crippen LogP contribution is 2.23. The normalized spacial score (nSPS) is 15.7. The number of nitrogens with zero attached hydrogens (tertiary/aromatic N) is 1. The number of benzene rings is 1. The van der Waals surface area contributed by atoms with Crippen molar-refractivity contribution in [3.05, 3.63) is 59.4 Å². The van der Waals surface area contributed by atoms with Crippen LogP contribution in [-0.2, 0) is 16.0 Å². The minimum Gasteiger partial charge on any atom is -0.353 e. The zero-order valence-corrected chi connectivity index (χ0v) is 11.0. The lowest BCUT2D eigenvalue weighted by molar-refractivity contribution is -0.105. The summed E-state index contributed by atoms with van der Waals surface area (Å²) in [6, 6.07) is 10.1. The van der Waals surface area contributed by atoms with Crippen LogP contribution in [0.3, 0.4) is 0 Å². The Hall–Kier alpha value is -2.16. The first-order chi connectivity index (χ1) is 9.24. The van der Waals surface area contributed by atoms with Crippen molar-refractivity contribution in [3.8, 4) is 0 Å². The predicted octanol–water partition coefficient (Wildman–Crippen LogP) is 2.35. The monoisotopic (exact) mass is 255 g/mol. The van der Waals surface area contributed by atoms with E-state index in [9.17, 15) is 9.59 Å². The molecule has 0 radical (unpaired) electrons. The summed E-state index contributed by atoms with van der Waals surface area (Å²) in [5, 5.41) is 0. The number of allylic oxidation sites excluding steroid dienone is 2. The van der Waals surface area contributed by atoms with E-state index >= 15 is 0 Å². The van der Waals surface area contributed by atoms with Gasteiger partial charge in [-0.25, -0.2) is 0 Å². The van der Waals surface area contributed by atoms with Gasteiger partial charge >= 0.3 is 0 Å². The van der Waals surface area contributed by atoms with Crippen molar-refractivity contribution in [3.63, 3.8) is 0 Å². The lowest BCUT2D eigenvalue weighted by Crippen LogP contribution is -2.23. The average Bonchev–Trinajstić information content (AvgIpc) is 2.47. The molecule has 0 N–H and O–H groups in total. The Morgan fingerprint density at radius 1 is 1.05 bits per heavy atom. The van der Waals surface area contributed by atoms with Gasteiger partial charge < -0.3 is 4.90 Å². The Morgan fingerprint density at radius 3 is 2.16 bits per heavy atom. The molecule has 3 heteroatoms. The van der Waals surface area contributed by atoms with E-state index in [-0.39, 0.29) is 5.92 Å². The summed E-state index contributed by atoms with van der Waals surface area (Å²) in [5.74, 6) is -0.108. The minimum atomic E-state index is -0.108. The fourth-order valence-electron chi connectivity index (χ4n) is 2.13. The van der Waals surface area contributed by atoms with Crippen molar-refractivity contribution in [2.45, 2.75) is 13.3 Å². The van der Waals surface area contributed by atoms with E-state index in [0.717, 1.165) is 25.5 Å². The van der Waals surface area contributed by atoms with E-state index < -0.39 is 0 Å². The van der Waals surface area contributed by atoms with Crippen LogP contribution < -0.4 is 0 Å². The molecule has 3 nitrogen and oxygen atoms in total. The Balaban J connectivity index is 2.07. The summed E-state index contributed by atoms with van der Waals surface area (Å²) in [5.41, 5.74) is 2.54. The highest BCUT2D eigenvalue weighted by Gasteiger charge is 2.19. The molecule has 19 heavy (non-hydrogen) atoms. The molecule has 0 saturated carbocycles. The molecule has 1 heterocycles. The maximum Gasteiger partial charge on any atom is 0.148 e. The topological polar surface area (TPSA) is 37.4 Å².